The lowest BCUT2D eigenvalue weighted by Gasteiger charge is -2.28. The highest BCUT2D eigenvalue weighted by Crippen LogP contribution is 2.51. The second-order valence-corrected chi connectivity index (χ2v) is 27.7. The second-order valence-electron chi connectivity index (χ2n) is 22.0. The van der Waals surface area contributed by atoms with Crippen LogP contribution in [0.4, 0.5) is 0 Å². The largest absolute Gasteiger partial charge is 0.294 e. The van der Waals surface area contributed by atoms with Crippen LogP contribution in [0.3, 0.4) is 0 Å². The molecule has 448 valence electrons. The number of benzene rings is 10. The van der Waals surface area contributed by atoms with Gasteiger partial charge in [0.25, 0.3) is 40.5 Å². The number of hydrogen-bond acceptors (Lipinski definition) is 8. The minimum atomic E-state index is -4.62. The normalized spacial score (nSPS) is 12.4. The van der Waals surface area contributed by atoms with Crippen molar-refractivity contribution in [3.05, 3.63) is 253 Å². The molecule has 10 aromatic rings. The first kappa shape index (κ1) is 62.6. The van der Waals surface area contributed by atoms with E-state index in [0.29, 0.717) is 86.0 Å². The molecule has 0 fully saturated rings. The predicted octanol–water partition coefficient (Wildman–Crippen LogP) is 17.2. The minimum Gasteiger partial charge on any atom is -0.282 e. The summed E-state index contributed by atoms with van der Waals surface area (Å²) in [5.41, 5.74) is 14.8. The van der Waals surface area contributed by atoms with Gasteiger partial charge in [-0.15, -0.1) is 0 Å². The monoisotopic (exact) mass is 1250 g/mol. The van der Waals surface area contributed by atoms with Crippen LogP contribution in [0.15, 0.2) is 250 Å². The van der Waals surface area contributed by atoms with Crippen molar-refractivity contribution in [2.24, 2.45) is 0 Å². The Balaban J connectivity index is 1.32. The number of aryl methyl sites for hydroxylation is 1. The molecule has 10 rings (SSSR count). The standard InChI is InChI=1S/C72H64O12S4/c1-5-8-11-20-56-46-62(88(82,83)84)41-42-63(56)65-44-43-64(49-27-35-59(36-28-49)85(73,74)75)68(51-16-12-9-13-17-51)69(65)54-23-25-55(26-24-54)71-67(53-31-39-61(40-32-53)87(79,80)81)57(45-48-21-33-58(34-22-48)72(4,6-2)7-3)47-66(70(71)52-18-14-10-15-19-52)50-29-37-60(38-30-50)86(76,77)78/h5,8-10,12-19,21-44,46-47H,6-7,11,20,45H2,1-4H3,(H,73,74,75)(H,76,77,78)(H,79,80,81)(H,82,83,84)/b8-5-. The molecule has 10 aromatic carbocycles. The third-order valence-electron chi connectivity index (χ3n) is 16.7. The van der Waals surface area contributed by atoms with E-state index in [-0.39, 0.29) is 25.0 Å². The summed E-state index contributed by atoms with van der Waals surface area (Å²) in [5.74, 6) is 0. The van der Waals surface area contributed by atoms with Crippen molar-refractivity contribution in [1.82, 2.24) is 0 Å². The molecule has 0 saturated heterocycles. The fourth-order valence-corrected chi connectivity index (χ4v) is 13.6. The highest BCUT2D eigenvalue weighted by atomic mass is 32.2. The van der Waals surface area contributed by atoms with Gasteiger partial charge in [0.05, 0.1) is 19.6 Å². The van der Waals surface area contributed by atoms with Crippen molar-refractivity contribution < 1.29 is 51.9 Å². The van der Waals surface area contributed by atoms with Crippen molar-refractivity contribution in [2.75, 3.05) is 0 Å². The second kappa shape index (κ2) is 25.4. The van der Waals surface area contributed by atoms with Crippen LogP contribution in [0, 0.1) is 0 Å². The Bertz CT molecular complexity index is 4720. The van der Waals surface area contributed by atoms with Crippen molar-refractivity contribution in [1.29, 1.82) is 0 Å². The van der Waals surface area contributed by atoms with Gasteiger partial charge in [-0.3, -0.25) is 18.2 Å². The molecule has 88 heavy (non-hydrogen) atoms. The van der Waals surface area contributed by atoms with E-state index in [1.807, 2.05) is 116 Å². The van der Waals surface area contributed by atoms with Gasteiger partial charge in [-0.25, -0.2) is 0 Å². The zero-order valence-electron chi connectivity index (χ0n) is 48.7. The Kier molecular flexibility index (Phi) is 18.0. The maximum atomic E-state index is 12.8. The molecule has 0 atom stereocenters. The molecule has 0 spiro atoms. The summed E-state index contributed by atoms with van der Waals surface area (Å²) < 4.78 is 141. The summed E-state index contributed by atoms with van der Waals surface area (Å²) in [5, 5.41) is 0. The maximum absolute atomic E-state index is 12.8. The smallest absolute Gasteiger partial charge is 0.282 e. The molecule has 0 heterocycles. The van der Waals surface area contributed by atoms with Gasteiger partial charge in [-0.2, -0.15) is 33.7 Å². The van der Waals surface area contributed by atoms with Crippen molar-refractivity contribution in [3.8, 4) is 89.0 Å². The molecule has 12 nitrogen and oxygen atoms in total. The average Bonchev–Trinajstić information content (AvgIpc) is 0.828. The Morgan fingerprint density at radius 3 is 1.20 bits per heavy atom. The van der Waals surface area contributed by atoms with Crippen molar-refractivity contribution in [3.63, 3.8) is 0 Å². The lowest BCUT2D eigenvalue weighted by atomic mass is 9.77. The van der Waals surface area contributed by atoms with Crippen LogP contribution in [0.5, 0.6) is 0 Å². The van der Waals surface area contributed by atoms with E-state index in [0.717, 1.165) is 51.8 Å². The molecule has 0 amide bonds. The molecule has 0 bridgehead atoms. The summed E-state index contributed by atoms with van der Waals surface area (Å²) in [7, 11) is -18.4. The van der Waals surface area contributed by atoms with Crippen LogP contribution in [0.1, 0.15) is 69.2 Å². The Hall–Kier alpha value is -8.42. The van der Waals surface area contributed by atoms with Gasteiger partial charge in [0, 0.05) is 0 Å². The summed E-state index contributed by atoms with van der Waals surface area (Å²) in [6, 6.07) is 64.3. The third-order valence-corrected chi connectivity index (χ3v) is 20.1. The molecule has 0 aliphatic carbocycles. The van der Waals surface area contributed by atoms with E-state index in [1.54, 1.807) is 42.5 Å². The SMILES string of the molecule is C/C=C\CCc1cc(S(=O)(=O)O)ccc1-c1ccc(-c2ccc(S(=O)(=O)O)cc2)c(-c2ccccc2)c1-c1ccc(-c2c(-c3ccc(S(=O)(=O)O)cc3)c(Cc3ccc(C(C)(CC)CC)cc3)cc(-c3ccc(S(=O)(=O)O)cc3)c2-c2ccccc2)cc1. The van der Waals surface area contributed by atoms with E-state index >= 15 is 0 Å². The molecule has 0 saturated carbocycles. The lowest BCUT2D eigenvalue weighted by Crippen LogP contribution is -2.19. The van der Waals surface area contributed by atoms with E-state index < -0.39 is 40.5 Å². The lowest BCUT2D eigenvalue weighted by molar-refractivity contribution is 0.439. The quantitative estimate of drug-likeness (QED) is 0.0414. The highest BCUT2D eigenvalue weighted by molar-refractivity contribution is 7.86. The third kappa shape index (κ3) is 13.4. The van der Waals surface area contributed by atoms with Crippen LogP contribution < -0.4 is 0 Å². The van der Waals surface area contributed by atoms with Gasteiger partial charge in [0.2, 0.25) is 0 Å². The zero-order chi connectivity index (χ0) is 62.8. The number of allylic oxidation sites excluding steroid dienone is 2. The summed E-state index contributed by atoms with van der Waals surface area (Å²) >= 11 is 0. The molecule has 0 aliphatic heterocycles. The highest BCUT2D eigenvalue weighted by Gasteiger charge is 2.28. The first-order valence-electron chi connectivity index (χ1n) is 28.5. The fraction of sp³-hybridized carbons (Fsp3) is 0.139. The first-order valence-corrected chi connectivity index (χ1v) is 34.3. The molecular formula is C72H64O12S4. The first-order chi connectivity index (χ1) is 41.9. The van der Waals surface area contributed by atoms with Crippen molar-refractivity contribution >= 4 is 40.5 Å². The van der Waals surface area contributed by atoms with Crippen LogP contribution in [-0.2, 0) is 58.7 Å². The van der Waals surface area contributed by atoms with Gasteiger partial charge in [-0.05, 0) is 210 Å². The summed E-state index contributed by atoms with van der Waals surface area (Å²) in [4.78, 5) is -1.14. The van der Waals surface area contributed by atoms with Gasteiger partial charge in [-0.1, -0.05) is 197 Å². The van der Waals surface area contributed by atoms with Crippen LogP contribution in [0.25, 0.3) is 89.0 Å². The topological polar surface area (TPSA) is 217 Å². The van der Waals surface area contributed by atoms with E-state index in [1.165, 1.54) is 54.1 Å². The van der Waals surface area contributed by atoms with Crippen molar-refractivity contribution in [2.45, 2.75) is 84.8 Å². The van der Waals surface area contributed by atoms with Crippen LogP contribution in [-0.4, -0.2) is 51.9 Å². The fourth-order valence-electron chi connectivity index (χ4n) is 11.6. The number of hydrogen-bond donors (Lipinski definition) is 4. The molecule has 0 radical (unpaired) electrons. The number of rotatable bonds is 20. The minimum absolute atomic E-state index is 0.0555. The van der Waals surface area contributed by atoms with Gasteiger partial charge >= 0.3 is 0 Å². The van der Waals surface area contributed by atoms with E-state index in [9.17, 15) is 51.9 Å². The zero-order valence-corrected chi connectivity index (χ0v) is 51.9. The predicted molar refractivity (Wildman–Crippen MR) is 350 cm³/mol. The summed E-state index contributed by atoms with van der Waals surface area (Å²) in [6.07, 6.45) is 7.06. The Labute approximate surface area is 515 Å². The Morgan fingerprint density at radius 1 is 0.364 bits per heavy atom. The van der Waals surface area contributed by atoms with Gasteiger partial charge < -0.3 is 0 Å². The molecule has 0 aromatic heterocycles. The van der Waals surface area contributed by atoms with Crippen LogP contribution in [0.2, 0.25) is 0 Å². The van der Waals surface area contributed by atoms with Crippen LogP contribution >= 0.6 is 0 Å². The maximum Gasteiger partial charge on any atom is 0.294 e. The van der Waals surface area contributed by atoms with E-state index in [4.69, 9.17) is 0 Å². The molecule has 4 N–H and O–H groups in total. The molecule has 0 aliphatic rings. The van der Waals surface area contributed by atoms with Gasteiger partial charge in [0.1, 0.15) is 0 Å². The average molecular weight is 1250 g/mol. The summed E-state index contributed by atoms with van der Waals surface area (Å²) in [6.45, 7) is 8.49. The molecular weight excluding hydrogens is 1190 g/mol. The van der Waals surface area contributed by atoms with Gasteiger partial charge in [0.15, 0.2) is 0 Å². The molecule has 16 heteroatoms. The van der Waals surface area contributed by atoms with E-state index in [2.05, 4.69) is 51.1 Å². The molecule has 0 unspecified atom stereocenters. The Morgan fingerprint density at radius 2 is 0.739 bits per heavy atom.